The van der Waals surface area contributed by atoms with Gasteiger partial charge in [0.25, 0.3) is 0 Å². The summed E-state index contributed by atoms with van der Waals surface area (Å²) < 4.78 is 13.2. The van der Waals surface area contributed by atoms with Crippen molar-refractivity contribution in [3.05, 3.63) is 146 Å². The van der Waals surface area contributed by atoms with Crippen LogP contribution in [-0.2, 0) is 0 Å². The Balaban J connectivity index is 1.36. The second-order valence-corrected chi connectivity index (χ2v) is 12.3. The second-order valence-electron chi connectivity index (χ2n) is 12.3. The van der Waals surface area contributed by atoms with Gasteiger partial charge in [0.2, 0.25) is 0 Å². The minimum absolute atomic E-state index is 0.845. The van der Waals surface area contributed by atoms with Gasteiger partial charge in [0.15, 0.2) is 0 Å². The number of para-hydroxylation sites is 1. The van der Waals surface area contributed by atoms with E-state index in [4.69, 9.17) is 8.83 Å². The zero-order valence-corrected chi connectivity index (χ0v) is 24.7. The van der Waals surface area contributed by atoms with E-state index in [0.717, 1.165) is 43.9 Å². The molecule has 2 heteroatoms. The number of furan rings is 2. The topological polar surface area (TPSA) is 26.3 Å². The van der Waals surface area contributed by atoms with Gasteiger partial charge in [0.1, 0.15) is 22.3 Å². The molecule has 0 unspecified atom stereocenters. The highest BCUT2D eigenvalue weighted by Crippen LogP contribution is 2.51. The molecule has 0 aliphatic carbocycles. The number of rotatable bonds is 2. The van der Waals surface area contributed by atoms with Gasteiger partial charge in [-0.1, -0.05) is 121 Å². The van der Waals surface area contributed by atoms with E-state index in [1.165, 1.54) is 65.3 Å². The van der Waals surface area contributed by atoms with Gasteiger partial charge in [-0.2, -0.15) is 0 Å². The van der Waals surface area contributed by atoms with Crippen LogP contribution in [0.15, 0.2) is 154 Å². The summed E-state index contributed by atoms with van der Waals surface area (Å²) in [4.78, 5) is 0. The first-order chi connectivity index (χ1) is 22.8. The fourth-order valence-corrected chi connectivity index (χ4v) is 8.14. The molecule has 0 bridgehead atoms. The van der Waals surface area contributed by atoms with E-state index in [0.29, 0.717) is 0 Å². The lowest BCUT2D eigenvalue weighted by molar-refractivity contribution is 0.663. The highest BCUT2D eigenvalue weighted by molar-refractivity contribution is 6.35. The van der Waals surface area contributed by atoms with Gasteiger partial charge in [-0.05, 0) is 89.6 Å². The molecule has 0 saturated heterocycles. The third-order valence-electron chi connectivity index (χ3n) is 9.99. The van der Waals surface area contributed by atoms with Gasteiger partial charge >= 0.3 is 0 Å². The first-order valence-electron chi connectivity index (χ1n) is 15.8. The molecule has 9 aromatic carbocycles. The van der Waals surface area contributed by atoms with Crippen LogP contribution < -0.4 is 0 Å². The van der Waals surface area contributed by atoms with Crippen LogP contribution in [-0.4, -0.2) is 0 Å². The van der Waals surface area contributed by atoms with Crippen molar-refractivity contribution in [2.45, 2.75) is 0 Å². The molecule has 0 amide bonds. The fourth-order valence-electron chi connectivity index (χ4n) is 8.14. The molecule has 11 aromatic rings. The molecular formula is C44H24O2. The number of hydrogen-bond acceptors (Lipinski definition) is 2. The summed E-state index contributed by atoms with van der Waals surface area (Å²) in [7, 11) is 0. The molecule has 212 valence electrons. The Hall–Kier alpha value is -6.12. The lowest BCUT2D eigenvalue weighted by Gasteiger charge is -2.20. The van der Waals surface area contributed by atoms with Crippen molar-refractivity contribution in [1.82, 2.24) is 0 Å². The van der Waals surface area contributed by atoms with Gasteiger partial charge in [-0.3, -0.25) is 0 Å². The Bertz CT molecular complexity index is 2960. The predicted octanol–water partition coefficient (Wildman–Crippen LogP) is 12.9. The molecule has 0 aliphatic rings. The molecule has 0 atom stereocenters. The largest absolute Gasteiger partial charge is 0.456 e. The molecule has 0 radical (unpaired) electrons. The Morgan fingerprint density at radius 1 is 0.304 bits per heavy atom. The highest BCUT2D eigenvalue weighted by atomic mass is 16.3. The quantitative estimate of drug-likeness (QED) is 0.149. The second kappa shape index (κ2) is 8.74. The maximum atomic E-state index is 6.72. The summed E-state index contributed by atoms with van der Waals surface area (Å²) in [6.45, 7) is 0. The standard InChI is InChI=1S/C44H24O2/c1-2-14-27-25(11-1)12-9-20-28(27)40-29-15-3-5-17-31(29)41(32-18-6-4-16-30(32)40)34-23-26-13-10-22-37-39(26)43-35(34)24-38-42(44(43)46-37)33-19-7-8-21-36(33)45-38/h1-24H. The van der Waals surface area contributed by atoms with Crippen molar-refractivity contribution >= 4 is 87.0 Å². The molecule has 0 N–H and O–H groups in total. The third-order valence-corrected chi connectivity index (χ3v) is 9.99. The number of benzene rings is 9. The molecular weight excluding hydrogens is 560 g/mol. The maximum Gasteiger partial charge on any atom is 0.147 e. The average Bonchev–Trinajstić information content (AvgIpc) is 3.68. The van der Waals surface area contributed by atoms with E-state index in [-0.39, 0.29) is 0 Å². The van der Waals surface area contributed by atoms with Gasteiger partial charge in [0, 0.05) is 16.2 Å². The summed E-state index contributed by atoms with van der Waals surface area (Å²) in [5.41, 5.74) is 8.46. The van der Waals surface area contributed by atoms with Crippen molar-refractivity contribution in [2.75, 3.05) is 0 Å². The minimum Gasteiger partial charge on any atom is -0.456 e. The smallest absolute Gasteiger partial charge is 0.147 e. The molecule has 0 spiro atoms. The Labute approximate surface area is 263 Å². The first-order valence-corrected chi connectivity index (χ1v) is 15.8. The molecule has 0 saturated carbocycles. The predicted molar refractivity (Wildman–Crippen MR) is 193 cm³/mol. The van der Waals surface area contributed by atoms with Gasteiger partial charge in [-0.25, -0.2) is 0 Å². The van der Waals surface area contributed by atoms with Crippen molar-refractivity contribution < 1.29 is 8.83 Å². The monoisotopic (exact) mass is 584 g/mol. The summed E-state index contributed by atoms with van der Waals surface area (Å²) in [6.07, 6.45) is 0. The summed E-state index contributed by atoms with van der Waals surface area (Å²) in [5, 5.41) is 14.2. The number of fused-ring (bicyclic) bond motifs is 7. The molecule has 0 aliphatic heterocycles. The van der Waals surface area contributed by atoms with E-state index in [9.17, 15) is 0 Å². The van der Waals surface area contributed by atoms with Crippen LogP contribution >= 0.6 is 0 Å². The number of hydrogen-bond donors (Lipinski definition) is 0. The highest BCUT2D eigenvalue weighted by Gasteiger charge is 2.25. The summed E-state index contributed by atoms with van der Waals surface area (Å²) >= 11 is 0. The van der Waals surface area contributed by atoms with Crippen molar-refractivity contribution in [2.24, 2.45) is 0 Å². The van der Waals surface area contributed by atoms with Crippen LogP contribution in [0.3, 0.4) is 0 Å². The Morgan fingerprint density at radius 3 is 1.63 bits per heavy atom. The molecule has 2 aromatic heterocycles. The van der Waals surface area contributed by atoms with E-state index in [1.807, 2.05) is 12.1 Å². The van der Waals surface area contributed by atoms with Crippen LogP contribution in [0.1, 0.15) is 0 Å². The maximum absolute atomic E-state index is 6.72. The lowest BCUT2D eigenvalue weighted by atomic mass is 9.83. The third kappa shape index (κ3) is 3.05. The lowest BCUT2D eigenvalue weighted by Crippen LogP contribution is -1.92. The SMILES string of the molecule is c1ccc2c(-c3c4ccccc4c(-c4cc5cccc6oc7c8c(cc4c7c56)oc4ccccc48)c4ccccc34)cccc2c1. The van der Waals surface area contributed by atoms with Crippen LogP contribution in [0, 0.1) is 0 Å². The fraction of sp³-hybridized carbons (Fsp3) is 0. The Kier molecular flexibility index (Phi) is 4.61. The molecule has 0 fully saturated rings. The Morgan fingerprint density at radius 2 is 0.870 bits per heavy atom. The van der Waals surface area contributed by atoms with Crippen LogP contribution in [0.2, 0.25) is 0 Å². The van der Waals surface area contributed by atoms with E-state index < -0.39 is 0 Å². The molecule has 46 heavy (non-hydrogen) atoms. The van der Waals surface area contributed by atoms with Crippen molar-refractivity contribution in [3.63, 3.8) is 0 Å². The van der Waals surface area contributed by atoms with Crippen molar-refractivity contribution in [1.29, 1.82) is 0 Å². The van der Waals surface area contributed by atoms with Crippen LogP contribution in [0.25, 0.3) is 109 Å². The van der Waals surface area contributed by atoms with Gasteiger partial charge in [-0.15, -0.1) is 0 Å². The molecule has 11 rings (SSSR count). The summed E-state index contributed by atoms with van der Waals surface area (Å²) in [6, 6.07) is 52.4. The zero-order chi connectivity index (χ0) is 29.9. The first kappa shape index (κ1) is 24.2. The molecule has 2 heterocycles. The van der Waals surface area contributed by atoms with E-state index >= 15 is 0 Å². The zero-order valence-electron chi connectivity index (χ0n) is 24.7. The van der Waals surface area contributed by atoms with Crippen LogP contribution in [0.5, 0.6) is 0 Å². The van der Waals surface area contributed by atoms with E-state index in [2.05, 4.69) is 133 Å². The average molecular weight is 585 g/mol. The molecule has 2 nitrogen and oxygen atoms in total. The van der Waals surface area contributed by atoms with Crippen molar-refractivity contribution in [3.8, 4) is 22.3 Å². The minimum atomic E-state index is 0.845. The van der Waals surface area contributed by atoms with Crippen LogP contribution in [0.4, 0.5) is 0 Å². The summed E-state index contributed by atoms with van der Waals surface area (Å²) in [5.74, 6) is 0. The normalized spacial score (nSPS) is 12.3. The van der Waals surface area contributed by atoms with E-state index in [1.54, 1.807) is 0 Å². The van der Waals surface area contributed by atoms with Gasteiger partial charge < -0.3 is 8.83 Å². The van der Waals surface area contributed by atoms with Gasteiger partial charge in [0.05, 0.1) is 5.39 Å².